The molecule has 7 heteroatoms. The first-order valence-electron chi connectivity index (χ1n) is 8.60. The predicted octanol–water partition coefficient (Wildman–Crippen LogP) is 1.60. The molecule has 1 aliphatic heterocycles. The smallest absolute Gasteiger partial charge is 0.242 e. The lowest BCUT2D eigenvalue weighted by atomic mass is 10.2. The van der Waals surface area contributed by atoms with Gasteiger partial charge >= 0.3 is 0 Å². The average Bonchev–Trinajstić information content (AvgIpc) is 3.33. The molecule has 3 rings (SSSR count). The molecule has 0 aromatic heterocycles. The highest BCUT2D eigenvalue weighted by Crippen LogP contribution is 2.34. The van der Waals surface area contributed by atoms with E-state index in [9.17, 15) is 4.79 Å². The SMILES string of the molecule is CN(CCN1CCN(C(=O)C2(N)CC2)CC1)Cc1ccccc1.Cl.Cl. The Morgan fingerprint density at radius 2 is 1.72 bits per heavy atom. The fourth-order valence-corrected chi connectivity index (χ4v) is 3.12. The molecule has 1 aliphatic carbocycles. The van der Waals surface area contributed by atoms with Crippen LogP contribution in [0.15, 0.2) is 30.3 Å². The van der Waals surface area contributed by atoms with Crippen molar-refractivity contribution in [2.24, 2.45) is 5.73 Å². The maximum atomic E-state index is 12.2. The van der Waals surface area contributed by atoms with Crippen molar-refractivity contribution in [2.45, 2.75) is 24.9 Å². The molecule has 142 valence electrons. The summed E-state index contributed by atoms with van der Waals surface area (Å²) in [7, 11) is 2.16. The fraction of sp³-hybridized carbons (Fsp3) is 0.611. The van der Waals surface area contributed by atoms with Crippen molar-refractivity contribution in [1.82, 2.24) is 14.7 Å². The zero-order valence-corrected chi connectivity index (χ0v) is 16.5. The highest BCUT2D eigenvalue weighted by atomic mass is 35.5. The van der Waals surface area contributed by atoms with Crippen molar-refractivity contribution in [3.63, 3.8) is 0 Å². The van der Waals surface area contributed by atoms with Crippen molar-refractivity contribution in [3.05, 3.63) is 35.9 Å². The zero-order chi connectivity index (χ0) is 16.3. The van der Waals surface area contributed by atoms with Gasteiger partial charge in [-0.2, -0.15) is 0 Å². The van der Waals surface area contributed by atoms with Crippen LogP contribution in [-0.4, -0.2) is 72.5 Å². The molecule has 5 nitrogen and oxygen atoms in total. The van der Waals surface area contributed by atoms with Gasteiger partial charge in [0.05, 0.1) is 5.54 Å². The van der Waals surface area contributed by atoms with Crippen LogP contribution in [0, 0.1) is 0 Å². The highest BCUT2D eigenvalue weighted by Gasteiger charge is 2.48. The van der Waals surface area contributed by atoms with Crippen molar-refractivity contribution in [2.75, 3.05) is 46.3 Å². The minimum Gasteiger partial charge on any atom is -0.339 e. The molecule has 1 amide bonds. The number of nitrogens with two attached hydrogens (primary N) is 1. The Kier molecular flexibility index (Phi) is 8.64. The third-order valence-electron chi connectivity index (χ3n) is 4.97. The number of benzene rings is 1. The fourth-order valence-electron chi connectivity index (χ4n) is 3.12. The van der Waals surface area contributed by atoms with E-state index in [4.69, 9.17) is 5.73 Å². The number of likely N-dealkylation sites (N-methyl/N-ethyl adjacent to an activating group) is 1. The second kappa shape index (κ2) is 9.74. The van der Waals surface area contributed by atoms with Crippen LogP contribution < -0.4 is 5.73 Å². The van der Waals surface area contributed by atoms with E-state index >= 15 is 0 Å². The van der Waals surface area contributed by atoms with Crippen LogP contribution in [0.25, 0.3) is 0 Å². The summed E-state index contributed by atoms with van der Waals surface area (Å²) in [6, 6.07) is 10.6. The molecular weight excluding hydrogens is 359 g/mol. The van der Waals surface area contributed by atoms with Gasteiger partial charge in [0.1, 0.15) is 0 Å². The van der Waals surface area contributed by atoms with E-state index in [2.05, 4.69) is 47.2 Å². The molecule has 1 aromatic rings. The van der Waals surface area contributed by atoms with Crippen LogP contribution in [0.3, 0.4) is 0 Å². The average molecular weight is 389 g/mol. The second-order valence-corrected chi connectivity index (χ2v) is 7.01. The predicted molar refractivity (Wildman–Crippen MR) is 106 cm³/mol. The number of rotatable bonds is 6. The summed E-state index contributed by atoms with van der Waals surface area (Å²) >= 11 is 0. The van der Waals surface area contributed by atoms with Gasteiger partial charge in [-0.1, -0.05) is 30.3 Å². The Bertz CT molecular complexity index is 531. The molecule has 2 N–H and O–H groups in total. The van der Waals surface area contributed by atoms with Crippen molar-refractivity contribution < 1.29 is 4.79 Å². The van der Waals surface area contributed by atoms with Gasteiger partial charge in [-0.25, -0.2) is 0 Å². The summed E-state index contributed by atoms with van der Waals surface area (Å²) in [5, 5.41) is 0. The Morgan fingerprint density at radius 1 is 1.12 bits per heavy atom. The first kappa shape index (κ1) is 22.2. The number of piperazine rings is 1. The van der Waals surface area contributed by atoms with Gasteiger partial charge in [-0.15, -0.1) is 24.8 Å². The molecule has 1 saturated heterocycles. The summed E-state index contributed by atoms with van der Waals surface area (Å²) < 4.78 is 0. The van der Waals surface area contributed by atoms with E-state index in [1.807, 2.05) is 4.90 Å². The number of hydrogen-bond acceptors (Lipinski definition) is 4. The second-order valence-electron chi connectivity index (χ2n) is 7.01. The lowest BCUT2D eigenvalue weighted by molar-refractivity contribution is -0.135. The van der Waals surface area contributed by atoms with Gasteiger partial charge < -0.3 is 15.5 Å². The maximum Gasteiger partial charge on any atom is 0.242 e. The lowest BCUT2D eigenvalue weighted by Gasteiger charge is -2.36. The van der Waals surface area contributed by atoms with E-state index in [-0.39, 0.29) is 30.7 Å². The van der Waals surface area contributed by atoms with Crippen molar-refractivity contribution in [3.8, 4) is 0 Å². The monoisotopic (exact) mass is 388 g/mol. The number of carbonyl (C=O) groups is 1. The molecule has 0 radical (unpaired) electrons. The van der Waals surface area contributed by atoms with Gasteiger partial charge in [-0.3, -0.25) is 9.69 Å². The molecule has 1 aromatic carbocycles. The summed E-state index contributed by atoms with van der Waals surface area (Å²) in [5.41, 5.74) is 6.85. The van der Waals surface area contributed by atoms with Gasteiger partial charge in [-0.05, 0) is 25.5 Å². The molecule has 0 atom stereocenters. The van der Waals surface area contributed by atoms with Crippen LogP contribution >= 0.6 is 24.8 Å². The van der Waals surface area contributed by atoms with Crippen LogP contribution in [-0.2, 0) is 11.3 Å². The molecular formula is C18H30Cl2N4O. The Labute approximate surface area is 163 Å². The van der Waals surface area contributed by atoms with E-state index in [1.165, 1.54) is 5.56 Å². The van der Waals surface area contributed by atoms with Gasteiger partial charge in [0, 0.05) is 45.8 Å². The number of hydrogen-bond donors (Lipinski definition) is 1. The molecule has 2 aliphatic rings. The third-order valence-corrected chi connectivity index (χ3v) is 4.97. The van der Waals surface area contributed by atoms with Gasteiger partial charge in [0.2, 0.25) is 5.91 Å². The minimum absolute atomic E-state index is 0. The molecule has 25 heavy (non-hydrogen) atoms. The largest absolute Gasteiger partial charge is 0.339 e. The summed E-state index contributed by atoms with van der Waals surface area (Å²) in [6.07, 6.45) is 1.71. The Hall–Kier alpha value is -0.850. The first-order chi connectivity index (χ1) is 11.1. The third kappa shape index (κ3) is 6.12. The standard InChI is InChI=1S/C18H28N4O.2ClH/c1-20(15-16-5-3-2-4-6-16)9-10-21-11-13-22(14-12-21)17(23)18(19)7-8-18;;/h2-6H,7-15,19H2,1H3;2*1H. The molecule has 0 bridgehead atoms. The number of halogens is 2. The van der Waals surface area contributed by atoms with Gasteiger partial charge in [0.15, 0.2) is 0 Å². The van der Waals surface area contributed by atoms with Crippen LogP contribution in [0.1, 0.15) is 18.4 Å². The zero-order valence-electron chi connectivity index (χ0n) is 14.9. The molecule has 1 saturated carbocycles. The summed E-state index contributed by atoms with van der Waals surface area (Å²) in [5.74, 6) is 0.165. The molecule has 1 heterocycles. The number of amides is 1. The highest BCUT2D eigenvalue weighted by molar-refractivity contribution is 5.89. The lowest BCUT2D eigenvalue weighted by Crippen LogP contribution is -2.54. The van der Waals surface area contributed by atoms with Gasteiger partial charge in [0.25, 0.3) is 0 Å². The van der Waals surface area contributed by atoms with E-state index in [0.717, 1.165) is 58.7 Å². The number of nitrogens with zero attached hydrogens (tertiary/aromatic N) is 3. The van der Waals surface area contributed by atoms with Crippen LogP contribution in [0.5, 0.6) is 0 Å². The van der Waals surface area contributed by atoms with E-state index < -0.39 is 5.54 Å². The van der Waals surface area contributed by atoms with Crippen LogP contribution in [0.2, 0.25) is 0 Å². The molecule has 0 unspecified atom stereocenters. The van der Waals surface area contributed by atoms with Crippen molar-refractivity contribution >= 4 is 30.7 Å². The quantitative estimate of drug-likeness (QED) is 0.803. The Morgan fingerprint density at radius 3 is 2.28 bits per heavy atom. The molecule has 2 fully saturated rings. The summed E-state index contributed by atoms with van der Waals surface area (Å²) in [6.45, 7) is 6.64. The minimum atomic E-state index is -0.516. The van der Waals surface area contributed by atoms with Crippen LogP contribution in [0.4, 0.5) is 0 Å². The number of carbonyl (C=O) groups excluding carboxylic acids is 1. The Balaban J connectivity index is 0.00000156. The first-order valence-corrected chi connectivity index (χ1v) is 8.60. The summed E-state index contributed by atoms with van der Waals surface area (Å²) in [4.78, 5) is 19.0. The topological polar surface area (TPSA) is 52.8 Å². The van der Waals surface area contributed by atoms with Crippen molar-refractivity contribution in [1.29, 1.82) is 0 Å². The molecule has 0 spiro atoms. The van der Waals surface area contributed by atoms with E-state index in [1.54, 1.807) is 0 Å². The maximum absolute atomic E-state index is 12.2. The van der Waals surface area contributed by atoms with E-state index in [0.29, 0.717) is 0 Å². The normalized spacial score (nSPS) is 19.1.